The third-order valence-electron chi connectivity index (χ3n) is 2.20. The molecule has 0 amide bonds. The van der Waals surface area contributed by atoms with Gasteiger partial charge < -0.3 is 4.98 Å². The molecule has 2 heteroatoms. The van der Waals surface area contributed by atoms with Crippen LogP contribution in [-0.2, 0) is 0 Å². The SMILES string of the molecule is CCC(=O)c1ccc2cc[nH]c2c1. The average Bonchev–Trinajstić information content (AvgIpc) is 2.63. The van der Waals surface area contributed by atoms with Gasteiger partial charge in [0, 0.05) is 23.7 Å². The number of ketones is 1. The monoisotopic (exact) mass is 173 g/mol. The van der Waals surface area contributed by atoms with E-state index >= 15 is 0 Å². The highest BCUT2D eigenvalue weighted by atomic mass is 16.1. The molecule has 0 bridgehead atoms. The van der Waals surface area contributed by atoms with Gasteiger partial charge in [-0.1, -0.05) is 19.1 Å². The molecule has 0 unspecified atom stereocenters. The molecule has 1 aromatic carbocycles. The van der Waals surface area contributed by atoms with Gasteiger partial charge >= 0.3 is 0 Å². The maximum atomic E-state index is 11.4. The van der Waals surface area contributed by atoms with E-state index in [-0.39, 0.29) is 5.78 Å². The van der Waals surface area contributed by atoms with Crippen LogP contribution in [0.3, 0.4) is 0 Å². The van der Waals surface area contributed by atoms with Gasteiger partial charge in [0.2, 0.25) is 0 Å². The highest BCUT2D eigenvalue weighted by Crippen LogP contribution is 2.14. The van der Waals surface area contributed by atoms with Gasteiger partial charge in [0.05, 0.1) is 0 Å². The van der Waals surface area contributed by atoms with Crippen molar-refractivity contribution in [2.45, 2.75) is 13.3 Å². The molecule has 0 atom stereocenters. The third-order valence-corrected chi connectivity index (χ3v) is 2.20. The molecule has 1 N–H and O–H groups in total. The number of hydrogen-bond acceptors (Lipinski definition) is 1. The first kappa shape index (κ1) is 8.05. The number of H-pyrrole nitrogens is 1. The Labute approximate surface area is 76.6 Å². The molecule has 2 rings (SSSR count). The van der Waals surface area contributed by atoms with Crippen molar-refractivity contribution in [2.24, 2.45) is 0 Å². The molecule has 0 saturated carbocycles. The molecule has 0 aliphatic carbocycles. The van der Waals surface area contributed by atoms with Crippen LogP contribution in [0, 0.1) is 0 Å². The minimum Gasteiger partial charge on any atom is -0.361 e. The first-order chi connectivity index (χ1) is 6.31. The average molecular weight is 173 g/mol. The fourth-order valence-electron chi connectivity index (χ4n) is 1.43. The van der Waals surface area contributed by atoms with E-state index in [9.17, 15) is 4.79 Å². The van der Waals surface area contributed by atoms with Crippen LogP contribution in [0.4, 0.5) is 0 Å². The number of Topliss-reactive ketones (excluding diaryl/α,β-unsaturated/α-hetero) is 1. The molecule has 13 heavy (non-hydrogen) atoms. The summed E-state index contributed by atoms with van der Waals surface area (Å²) in [5, 5.41) is 1.15. The van der Waals surface area contributed by atoms with Crippen molar-refractivity contribution in [1.29, 1.82) is 0 Å². The summed E-state index contributed by atoms with van der Waals surface area (Å²) in [6.07, 6.45) is 2.44. The van der Waals surface area contributed by atoms with E-state index in [1.165, 1.54) is 0 Å². The highest BCUT2D eigenvalue weighted by molar-refractivity contribution is 5.99. The van der Waals surface area contributed by atoms with Crippen LogP contribution in [0.25, 0.3) is 10.9 Å². The minimum absolute atomic E-state index is 0.191. The van der Waals surface area contributed by atoms with E-state index in [4.69, 9.17) is 0 Å². The van der Waals surface area contributed by atoms with Gasteiger partial charge in [0.25, 0.3) is 0 Å². The number of rotatable bonds is 2. The summed E-state index contributed by atoms with van der Waals surface area (Å²) in [4.78, 5) is 14.5. The van der Waals surface area contributed by atoms with Crippen molar-refractivity contribution in [1.82, 2.24) is 4.98 Å². The molecule has 1 heterocycles. The van der Waals surface area contributed by atoms with Gasteiger partial charge in [-0.2, -0.15) is 0 Å². The zero-order valence-corrected chi connectivity index (χ0v) is 7.50. The highest BCUT2D eigenvalue weighted by Gasteiger charge is 2.03. The van der Waals surface area contributed by atoms with Gasteiger partial charge in [-0.25, -0.2) is 0 Å². The Morgan fingerprint density at radius 1 is 1.38 bits per heavy atom. The first-order valence-electron chi connectivity index (χ1n) is 4.41. The van der Waals surface area contributed by atoms with E-state index in [1.54, 1.807) is 0 Å². The summed E-state index contributed by atoms with van der Waals surface area (Å²) >= 11 is 0. The number of aromatic nitrogens is 1. The maximum Gasteiger partial charge on any atom is 0.162 e. The molecular weight excluding hydrogens is 162 g/mol. The van der Waals surface area contributed by atoms with E-state index in [1.807, 2.05) is 37.4 Å². The normalized spacial score (nSPS) is 10.5. The molecule has 1 aromatic heterocycles. The van der Waals surface area contributed by atoms with Crippen LogP contribution in [0.1, 0.15) is 23.7 Å². The standard InChI is InChI=1S/C11H11NO/c1-2-11(13)9-4-3-8-5-6-12-10(8)7-9/h3-7,12H,2H2,1H3. The van der Waals surface area contributed by atoms with Gasteiger partial charge in [-0.3, -0.25) is 4.79 Å². The van der Waals surface area contributed by atoms with Crippen molar-refractivity contribution in [3.8, 4) is 0 Å². The van der Waals surface area contributed by atoms with E-state index in [2.05, 4.69) is 4.98 Å². The van der Waals surface area contributed by atoms with Crippen LogP contribution < -0.4 is 0 Å². The Bertz CT molecular complexity index is 442. The van der Waals surface area contributed by atoms with E-state index < -0.39 is 0 Å². The molecule has 0 aliphatic rings. The fraction of sp³-hybridized carbons (Fsp3) is 0.182. The second-order valence-electron chi connectivity index (χ2n) is 3.06. The molecule has 2 aromatic rings. The molecule has 0 aliphatic heterocycles. The van der Waals surface area contributed by atoms with Gasteiger partial charge in [0.1, 0.15) is 0 Å². The lowest BCUT2D eigenvalue weighted by atomic mass is 10.1. The predicted octanol–water partition coefficient (Wildman–Crippen LogP) is 2.76. The van der Waals surface area contributed by atoms with Gasteiger partial charge in [-0.05, 0) is 17.5 Å². The number of hydrogen-bond donors (Lipinski definition) is 1. The Morgan fingerprint density at radius 3 is 3.00 bits per heavy atom. The van der Waals surface area contributed by atoms with Crippen LogP contribution >= 0.6 is 0 Å². The van der Waals surface area contributed by atoms with Crippen LogP contribution in [0.5, 0.6) is 0 Å². The summed E-state index contributed by atoms with van der Waals surface area (Å²) in [5.74, 6) is 0.191. The third kappa shape index (κ3) is 1.35. The van der Waals surface area contributed by atoms with Gasteiger partial charge in [-0.15, -0.1) is 0 Å². The Balaban J connectivity index is 2.54. The second kappa shape index (κ2) is 3.05. The maximum absolute atomic E-state index is 11.4. The topological polar surface area (TPSA) is 32.9 Å². The number of nitrogens with one attached hydrogen (secondary N) is 1. The lowest BCUT2D eigenvalue weighted by molar-refractivity contribution is 0.0988. The van der Waals surface area contributed by atoms with E-state index in [0.717, 1.165) is 16.5 Å². The number of carbonyl (C=O) groups is 1. The minimum atomic E-state index is 0.191. The summed E-state index contributed by atoms with van der Waals surface area (Å²) in [6, 6.07) is 7.74. The first-order valence-corrected chi connectivity index (χ1v) is 4.41. The predicted molar refractivity (Wildman–Crippen MR) is 52.9 cm³/mol. The number of carbonyl (C=O) groups excluding carboxylic acids is 1. The molecule has 66 valence electrons. The lowest BCUT2D eigenvalue weighted by Crippen LogP contribution is -1.95. The molecule has 0 spiro atoms. The largest absolute Gasteiger partial charge is 0.361 e. The second-order valence-corrected chi connectivity index (χ2v) is 3.06. The molecule has 0 radical (unpaired) electrons. The molecule has 0 fully saturated rings. The number of aromatic amines is 1. The van der Waals surface area contributed by atoms with E-state index in [0.29, 0.717) is 6.42 Å². The van der Waals surface area contributed by atoms with Crippen molar-refractivity contribution >= 4 is 16.7 Å². The summed E-state index contributed by atoms with van der Waals surface area (Å²) in [7, 11) is 0. The van der Waals surface area contributed by atoms with Crippen LogP contribution in [-0.4, -0.2) is 10.8 Å². The fourth-order valence-corrected chi connectivity index (χ4v) is 1.43. The Morgan fingerprint density at radius 2 is 2.23 bits per heavy atom. The zero-order chi connectivity index (χ0) is 9.26. The quantitative estimate of drug-likeness (QED) is 0.696. The summed E-state index contributed by atoms with van der Waals surface area (Å²) in [5.41, 5.74) is 1.82. The molecular formula is C11H11NO. The molecule has 0 saturated heterocycles. The van der Waals surface area contributed by atoms with Crippen LogP contribution in [0.15, 0.2) is 30.5 Å². The van der Waals surface area contributed by atoms with Crippen LogP contribution in [0.2, 0.25) is 0 Å². The van der Waals surface area contributed by atoms with Crippen molar-refractivity contribution in [3.63, 3.8) is 0 Å². The Kier molecular flexibility index (Phi) is 1.89. The van der Waals surface area contributed by atoms with Crippen molar-refractivity contribution < 1.29 is 4.79 Å². The smallest absolute Gasteiger partial charge is 0.162 e. The van der Waals surface area contributed by atoms with Crippen molar-refractivity contribution in [2.75, 3.05) is 0 Å². The Hall–Kier alpha value is -1.57. The number of fused-ring (bicyclic) bond motifs is 1. The zero-order valence-electron chi connectivity index (χ0n) is 7.50. The lowest BCUT2D eigenvalue weighted by Gasteiger charge is -1.97. The van der Waals surface area contributed by atoms with Gasteiger partial charge in [0.15, 0.2) is 5.78 Å². The number of benzene rings is 1. The van der Waals surface area contributed by atoms with Crippen molar-refractivity contribution in [3.05, 3.63) is 36.0 Å². The summed E-state index contributed by atoms with van der Waals surface area (Å²) in [6.45, 7) is 1.88. The molecule has 2 nitrogen and oxygen atoms in total. The summed E-state index contributed by atoms with van der Waals surface area (Å²) < 4.78 is 0.